The third kappa shape index (κ3) is 2.91. The van der Waals surface area contributed by atoms with Crippen molar-refractivity contribution in [1.29, 1.82) is 0 Å². The monoisotopic (exact) mass is 385 g/mol. The van der Waals surface area contributed by atoms with E-state index in [4.69, 9.17) is 10.5 Å². The third-order valence-electron chi connectivity index (χ3n) is 8.78. The van der Waals surface area contributed by atoms with E-state index >= 15 is 0 Å². The van der Waals surface area contributed by atoms with E-state index in [9.17, 15) is 9.59 Å². The molecule has 0 radical (unpaired) electrons. The standard InChI is InChI=1S/C24H35NO3/c1-14(26)19-5-6-20-18-11-16(13-28-15(2)25)22-12-17(27)7-9-24(22,4)21(18)8-10-23(19,20)3/h12-13,15,18-21H,5-11,25H2,1-4H3/b16-13-/t15?,18-,19+,20-,21-,23+,24+/m0/s1. The lowest BCUT2D eigenvalue weighted by molar-refractivity contribution is -0.128. The Balaban J connectivity index is 1.74. The Hall–Kier alpha value is -1.42. The van der Waals surface area contributed by atoms with Crippen molar-refractivity contribution in [2.24, 2.45) is 40.2 Å². The molecule has 28 heavy (non-hydrogen) atoms. The molecule has 0 spiro atoms. The molecular formula is C24H35NO3. The second kappa shape index (κ2) is 6.83. The number of allylic oxidation sites excluding steroid dienone is 2. The topological polar surface area (TPSA) is 69.4 Å². The average molecular weight is 386 g/mol. The fourth-order valence-electron chi connectivity index (χ4n) is 7.46. The number of hydrogen-bond donors (Lipinski definition) is 1. The summed E-state index contributed by atoms with van der Waals surface area (Å²) in [6.07, 6.45) is 10.3. The van der Waals surface area contributed by atoms with Gasteiger partial charge in [0.25, 0.3) is 0 Å². The minimum Gasteiger partial charge on any atom is -0.483 e. The first-order valence-electron chi connectivity index (χ1n) is 11.0. The molecule has 0 aromatic rings. The van der Waals surface area contributed by atoms with Gasteiger partial charge in [-0.2, -0.15) is 0 Å². The van der Waals surface area contributed by atoms with Crippen LogP contribution in [-0.4, -0.2) is 17.8 Å². The number of ether oxygens (including phenoxy) is 1. The number of hydrogen-bond acceptors (Lipinski definition) is 4. The lowest BCUT2D eigenvalue weighted by Gasteiger charge is -2.58. The van der Waals surface area contributed by atoms with Crippen molar-refractivity contribution >= 4 is 11.6 Å². The van der Waals surface area contributed by atoms with E-state index in [0.717, 1.165) is 44.1 Å². The van der Waals surface area contributed by atoms with Crippen LogP contribution in [0.15, 0.2) is 23.5 Å². The van der Waals surface area contributed by atoms with Gasteiger partial charge < -0.3 is 4.74 Å². The van der Waals surface area contributed by atoms with Gasteiger partial charge in [0.2, 0.25) is 0 Å². The average Bonchev–Trinajstić information content (AvgIpc) is 2.98. The largest absolute Gasteiger partial charge is 0.483 e. The van der Waals surface area contributed by atoms with Crippen LogP contribution in [0.3, 0.4) is 0 Å². The summed E-state index contributed by atoms with van der Waals surface area (Å²) in [7, 11) is 0. The van der Waals surface area contributed by atoms with Gasteiger partial charge in [0.05, 0.1) is 6.26 Å². The van der Waals surface area contributed by atoms with E-state index < -0.39 is 0 Å². The molecule has 0 aliphatic heterocycles. The lowest BCUT2D eigenvalue weighted by Crippen LogP contribution is -2.51. The smallest absolute Gasteiger partial charge is 0.156 e. The Kier molecular flexibility index (Phi) is 4.85. The first-order chi connectivity index (χ1) is 13.2. The van der Waals surface area contributed by atoms with Gasteiger partial charge in [0, 0.05) is 12.3 Å². The highest BCUT2D eigenvalue weighted by molar-refractivity contribution is 5.92. The zero-order chi connectivity index (χ0) is 20.3. The van der Waals surface area contributed by atoms with E-state index in [2.05, 4.69) is 13.8 Å². The summed E-state index contributed by atoms with van der Waals surface area (Å²) in [5, 5.41) is 0. The Bertz CT molecular complexity index is 751. The van der Waals surface area contributed by atoms with Gasteiger partial charge in [-0.25, -0.2) is 0 Å². The first kappa shape index (κ1) is 19.9. The molecule has 0 aromatic carbocycles. The fourth-order valence-corrected chi connectivity index (χ4v) is 7.46. The molecule has 4 aliphatic carbocycles. The van der Waals surface area contributed by atoms with Gasteiger partial charge in [0.15, 0.2) is 5.78 Å². The third-order valence-corrected chi connectivity index (χ3v) is 8.78. The van der Waals surface area contributed by atoms with Crippen LogP contribution in [0.5, 0.6) is 0 Å². The maximum absolute atomic E-state index is 12.3. The van der Waals surface area contributed by atoms with Gasteiger partial charge in [0.1, 0.15) is 12.0 Å². The molecule has 1 unspecified atom stereocenters. The second-order valence-electron chi connectivity index (χ2n) is 10.3. The second-order valence-corrected chi connectivity index (χ2v) is 10.3. The van der Waals surface area contributed by atoms with Gasteiger partial charge in [-0.05, 0) is 98.2 Å². The van der Waals surface area contributed by atoms with Crippen molar-refractivity contribution in [3.8, 4) is 0 Å². The van der Waals surface area contributed by atoms with Gasteiger partial charge in [-0.15, -0.1) is 0 Å². The summed E-state index contributed by atoms with van der Waals surface area (Å²) in [6, 6.07) is 0. The van der Waals surface area contributed by atoms with Crippen LogP contribution in [0.4, 0.5) is 0 Å². The van der Waals surface area contributed by atoms with E-state index in [-0.39, 0.29) is 28.8 Å². The minimum absolute atomic E-state index is 0.0273. The molecule has 3 fully saturated rings. The molecule has 4 nitrogen and oxygen atoms in total. The predicted molar refractivity (Wildman–Crippen MR) is 109 cm³/mol. The molecule has 2 N–H and O–H groups in total. The lowest BCUT2D eigenvalue weighted by atomic mass is 9.46. The number of Topliss-reactive ketones (excluding diaryl/α,β-unsaturated/α-hetero) is 1. The van der Waals surface area contributed by atoms with Crippen molar-refractivity contribution in [2.75, 3.05) is 0 Å². The fraction of sp³-hybridized carbons (Fsp3) is 0.750. The highest BCUT2D eigenvalue weighted by Gasteiger charge is 2.60. The molecule has 0 bridgehead atoms. The quantitative estimate of drug-likeness (QED) is 0.572. The number of ketones is 2. The predicted octanol–water partition coefficient (Wildman–Crippen LogP) is 4.54. The maximum Gasteiger partial charge on any atom is 0.156 e. The van der Waals surface area contributed by atoms with E-state index in [1.54, 1.807) is 6.92 Å². The van der Waals surface area contributed by atoms with Crippen molar-refractivity contribution in [3.05, 3.63) is 23.5 Å². The van der Waals surface area contributed by atoms with Crippen molar-refractivity contribution in [2.45, 2.75) is 78.9 Å². The number of rotatable bonds is 3. The van der Waals surface area contributed by atoms with Gasteiger partial charge in [-0.1, -0.05) is 13.8 Å². The normalized spacial score (nSPS) is 45.0. The van der Waals surface area contributed by atoms with Crippen LogP contribution in [0.25, 0.3) is 0 Å². The Labute approximate surface area is 169 Å². The van der Waals surface area contributed by atoms with Crippen LogP contribution >= 0.6 is 0 Å². The summed E-state index contributed by atoms with van der Waals surface area (Å²) in [5.74, 6) is 2.53. The summed E-state index contributed by atoms with van der Waals surface area (Å²) in [5.41, 5.74) is 8.34. The highest BCUT2D eigenvalue weighted by Crippen LogP contribution is 2.67. The zero-order valence-corrected chi connectivity index (χ0v) is 17.8. The van der Waals surface area contributed by atoms with E-state index in [1.165, 1.54) is 5.57 Å². The van der Waals surface area contributed by atoms with Crippen molar-refractivity contribution < 1.29 is 14.3 Å². The van der Waals surface area contributed by atoms with Crippen LogP contribution in [-0.2, 0) is 14.3 Å². The summed E-state index contributed by atoms with van der Waals surface area (Å²) in [4.78, 5) is 24.6. The molecule has 3 saturated carbocycles. The van der Waals surface area contributed by atoms with Crippen LogP contribution in [0.1, 0.15) is 72.6 Å². The van der Waals surface area contributed by atoms with E-state index in [1.807, 2.05) is 19.3 Å². The summed E-state index contributed by atoms with van der Waals surface area (Å²) in [6.45, 7) is 8.34. The Morgan fingerprint density at radius 2 is 2.00 bits per heavy atom. The number of nitrogens with two attached hydrogens (primary N) is 1. The molecule has 0 aromatic heterocycles. The van der Waals surface area contributed by atoms with Gasteiger partial charge >= 0.3 is 0 Å². The molecule has 154 valence electrons. The summed E-state index contributed by atoms with van der Waals surface area (Å²) < 4.78 is 5.70. The van der Waals surface area contributed by atoms with Crippen molar-refractivity contribution in [3.63, 3.8) is 0 Å². The highest BCUT2D eigenvalue weighted by atomic mass is 16.5. The Morgan fingerprint density at radius 1 is 1.25 bits per heavy atom. The molecule has 4 rings (SSSR count). The molecule has 7 atom stereocenters. The van der Waals surface area contributed by atoms with Gasteiger partial charge in [-0.3, -0.25) is 15.3 Å². The molecular weight excluding hydrogens is 350 g/mol. The number of carbonyl (C=O) groups excluding carboxylic acids is 2. The Morgan fingerprint density at radius 3 is 2.68 bits per heavy atom. The van der Waals surface area contributed by atoms with Crippen LogP contribution in [0, 0.1) is 34.5 Å². The molecule has 4 heteroatoms. The number of fused-ring (bicyclic) bond motifs is 5. The van der Waals surface area contributed by atoms with Crippen LogP contribution in [0.2, 0.25) is 0 Å². The summed E-state index contributed by atoms with van der Waals surface area (Å²) >= 11 is 0. The first-order valence-corrected chi connectivity index (χ1v) is 11.0. The molecule has 0 amide bonds. The van der Waals surface area contributed by atoms with E-state index in [0.29, 0.717) is 30.0 Å². The zero-order valence-electron chi connectivity index (χ0n) is 17.8. The minimum atomic E-state index is -0.360. The van der Waals surface area contributed by atoms with Crippen molar-refractivity contribution in [1.82, 2.24) is 0 Å². The molecule has 0 heterocycles. The van der Waals surface area contributed by atoms with Crippen LogP contribution < -0.4 is 5.73 Å². The SMILES string of the molecule is CC(=O)[C@H]1CC[C@H]2[C@@H]3C/C(=C/OC(C)N)C4=CC(=O)CC[C@]4(C)[C@H]3CC[C@]12C. The maximum atomic E-state index is 12.3. The molecule has 0 saturated heterocycles. The number of carbonyl (C=O) groups is 2. The molecule has 4 aliphatic rings.